The van der Waals surface area contributed by atoms with Crippen LogP contribution in [0.4, 0.5) is 4.79 Å². The fourth-order valence-corrected chi connectivity index (χ4v) is 4.21. The van der Waals surface area contributed by atoms with Gasteiger partial charge in [-0.3, -0.25) is 9.69 Å². The molecule has 3 aliphatic heterocycles. The Morgan fingerprint density at radius 1 is 1.00 bits per heavy atom. The molecule has 3 fully saturated rings. The van der Waals surface area contributed by atoms with Crippen LogP contribution in [0, 0.1) is 5.92 Å². The summed E-state index contributed by atoms with van der Waals surface area (Å²) >= 11 is 0. The highest BCUT2D eigenvalue weighted by Crippen LogP contribution is 2.28. The molecule has 3 aliphatic rings. The molecule has 0 aliphatic carbocycles. The van der Waals surface area contributed by atoms with Crippen molar-refractivity contribution in [1.82, 2.24) is 14.7 Å². The zero-order chi connectivity index (χ0) is 16.4. The number of likely N-dealkylation sites (tertiary alicyclic amines) is 2. The molecular weight excluding hydrogens is 296 g/mol. The Morgan fingerprint density at radius 2 is 1.65 bits per heavy atom. The molecular formula is C16H28N4O3. The quantitative estimate of drug-likeness (QED) is 0.781. The van der Waals surface area contributed by atoms with Gasteiger partial charge in [0.2, 0.25) is 5.91 Å². The first-order valence-electron chi connectivity index (χ1n) is 8.74. The van der Waals surface area contributed by atoms with Crippen molar-refractivity contribution >= 4 is 11.9 Å². The fraction of sp³-hybridized carbons (Fsp3) is 0.875. The number of primary amides is 1. The maximum Gasteiger partial charge on any atom is 0.314 e. The van der Waals surface area contributed by atoms with Crippen molar-refractivity contribution in [2.75, 3.05) is 45.9 Å². The molecule has 3 rings (SSSR count). The number of hydrogen-bond donors (Lipinski definition) is 1. The van der Waals surface area contributed by atoms with Crippen LogP contribution in [0.25, 0.3) is 0 Å². The molecule has 7 heteroatoms. The molecule has 0 spiro atoms. The minimum atomic E-state index is -0.377. The van der Waals surface area contributed by atoms with Crippen LogP contribution in [0.2, 0.25) is 0 Å². The lowest BCUT2D eigenvalue weighted by atomic mass is 9.95. The molecule has 3 saturated heterocycles. The van der Waals surface area contributed by atoms with Crippen molar-refractivity contribution in [2.24, 2.45) is 11.7 Å². The summed E-state index contributed by atoms with van der Waals surface area (Å²) in [5.41, 5.74) is 5.31. The van der Waals surface area contributed by atoms with Crippen molar-refractivity contribution in [2.45, 2.75) is 38.3 Å². The summed E-state index contributed by atoms with van der Waals surface area (Å²) in [5, 5.41) is 0. The second-order valence-corrected chi connectivity index (χ2v) is 6.88. The number of ether oxygens (including phenoxy) is 1. The number of morpholine rings is 1. The number of urea groups is 1. The van der Waals surface area contributed by atoms with Gasteiger partial charge in [0.1, 0.15) is 0 Å². The smallest absolute Gasteiger partial charge is 0.314 e. The van der Waals surface area contributed by atoms with Crippen LogP contribution < -0.4 is 5.73 Å². The molecule has 0 unspecified atom stereocenters. The Labute approximate surface area is 137 Å². The number of nitrogens with zero attached hydrogens (tertiary/aromatic N) is 3. The van der Waals surface area contributed by atoms with Crippen LogP contribution in [0.3, 0.4) is 0 Å². The summed E-state index contributed by atoms with van der Waals surface area (Å²) < 4.78 is 5.43. The average Bonchev–Trinajstić information content (AvgIpc) is 2.96. The highest BCUT2D eigenvalue weighted by atomic mass is 16.5. The maximum atomic E-state index is 12.9. The van der Waals surface area contributed by atoms with Crippen molar-refractivity contribution in [1.29, 1.82) is 0 Å². The Bertz CT molecular complexity index is 445. The van der Waals surface area contributed by atoms with E-state index in [4.69, 9.17) is 10.5 Å². The molecule has 2 N–H and O–H groups in total. The number of carbonyl (C=O) groups excluding carboxylic acids is 2. The third kappa shape index (κ3) is 3.45. The van der Waals surface area contributed by atoms with Gasteiger partial charge in [0, 0.05) is 50.7 Å². The van der Waals surface area contributed by atoms with E-state index in [0.717, 1.165) is 52.1 Å². The van der Waals surface area contributed by atoms with E-state index in [2.05, 4.69) is 16.7 Å². The highest BCUT2D eigenvalue weighted by molar-refractivity contribution is 5.80. The molecule has 0 aromatic rings. The largest absolute Gasteiger partial charge is 0.379 e. The first-order chi connectivity index (χ1) is 11.1. The molecule has 3 amide bonds. The van der Waals surface area contributed by atoms with E-state index in [0.29, 0.717) is 19.1 Å². The van der Waals surface area contributed by atoms with Gasteiger partial charge in [-0.2, -0.15) is 0 Å². The van der Waals surface area contributed by atoms with E-state index in [1.165, 1.54) is 0 Å². The van der Waals surface area contributed by atoms with Gasteiger partial charge in [0.25, 0.3) is 0 Å². The van der Waals surface area contributed by atoms with Crippen LogP contribution >= 0.6 is 0 Å². The van der Waals surface area contributed by atoms with Gasteiger partial charge in [-0.05, 0) is 26.2 Å². The highest BCUT2D eigenvalue weighted by Gasteiger charge is 2.40. The van der Waals surface area contributed by atoms with E-state index >= 15 is 0 Å². The van der Waals surface area contributed by atoms with Crippen molar-refractivity contribution in [3.63, 3.8) is 0 Å². The van der Waals surface area contributed by atoms with E-state index < -0.39 is 0 Å². The number of piperidine rings is 1. The van der Waals surface area contributed by atoms with Crippen molar-refractivity contribution < 1.29 is 14.3 Å². The van der Waals surface area contributed by atoms with Crippen LogP contribution in [-0.4, -0.2) is 84.7 Å². The number of nitrogens with two attached hydrogens (primary N) is 1. The molecule has 0 aromatic carbocycles. The monoisotopic (exact) mass is 324 g/mol. The zero-order valence-electron chi connectivity index (χ0n) is 13.9. The summed E-state index contributed by atoms with van der Waals surface area (Å²) in [5.74, 6) is 0.300. The van der Waals surface area contributed by atoms with Gasteiger partial charge in [-0.1, -0.05) is 0 Å². The Balaban J connectivity index is 1.55. The second kappa shape index (κ2) is 7.05. The van der Waals surface area contributed by atoms with Gasteiger partial charge < -0.3 is 20.3 Å². The first-order valence-corrected chi connectivity index (χ1v) is 8.74. The molecule has 130 valence electrons. The summed E-state index contributed by atoms with van der Waals surface area (Å²) in [7, 11) is 0. The second-order valence-electron chi connectivity index (χ2n) is 6.88. The summed E-state index contributed by atoms with van der Waals surface area (Å²) in [4.78, 5) is 30.2. The summed E-state index contributed by atoms with van der Waals surface area (Å²) in [6.45, 7) is 7.73. The summed E-state index contributed by atoms with van der Waals surface area (Å²) in [6.07, 6.45) is 2.51. The predicted molar refractivity (Wildman–Crippen MR) is 85.9 cm³/mol. The van der Waals surface area contributed by atoms with Gasteiger partial charge in [0.15, 0.2) is 0 Å². The molecule has 3 heterocycles. The van der Waals surface area contributed by atoms with E-state index in [1.807, 2.05) is 0 Å². The molecule has 0 aromatic heterocycles. The number of amides is 3. The summed E-state index contributed by atoms with van der Waals surface area (Å²) in [6, 6.07) is 0.334. The Kier molecular flexibility index (Phi) is 5.06. The molecule has 7 nitrogen and oxygen atoms in total. The lowest BCUT2D eigenvalue weighted by molar-refractivity contribution is -0.138. The molecule has 0 radical (unpaired) electrons. The average molecular weight is 324 g/mol. The molecule has 2 atom stereocenters. The normalized spacial score (nSPS) is 30.7. The zero-order valence-corrected chi connectivity index (χ0v) is 13.9. The lowest BCUT2D eigenvalue weighted by Gasteiger charge is -2.37. The minimum Gasteiger partial charge on any atom is -0.379 e. The number of rotatable bonds is 2. The van der Waals surface area contributed by atoms with Crippen LogP contribution in [0.15, 0.2) is 0 Å². The number of carbonyl (C=O) groups is 2. The third-order valence-electron chi connectivity index (χ3n) is 5.67. The van der Waals surface area contributed by atoms with Crippen LogP contribution in [0.1, 0.15) is 26.2 Å². The Hall–Kier alpha value is -1.34. The number of hydrogen-bond acceptors (Lipinski definition) is 4. The maximum absolute atomic E-state index is 12.9. The van der Waals surface area contributed by atoms with Crippen molar-refractivity contribution in [3.8, 4) is 0 Å². The standard InChI is InChI=1S/C16H28N4O3/c1-12-14(18-8-10-23-11-9-18)4-7-20(12)15(21)13-2-5-19(6-3-13)16(17)22/h12-14H,2-11H2,1H3,(H2,17,22)/t12-,14-/m1/s1. The van der Waals surface area contributed by atoms with E-state index in [-0.39, 0.29) is 23.9 Å². The van der Waals surface area contributed by atoms with Gasteiger partial charge in [-0.15, -0.1) is 0 Å². The molecule has 0 bridgehead atoms. The topological polar surface area (TPSA) is 79.1 Å². The van der Waals surface area contributed by atoms with Gasteiger partial charge in [-0.25, -0.2) is 4.79 Å². The lowest BCUT2D eigenvalue weighted by Crippen LogP contribution is -2.51. The first kappa shape index (κ1) is 16.5. The van der Waals surface area contributed by atoms with Gasteiger partial charge in [0.05, 0.1) is 13.2 Å². The molecule has 0 saturated carbocycles. The Morgan fingerprint density at radius 3 is 2.26 bits per heavy atom. The SMILES string of the molecule is C[C@@H]1[C@H](N2CCOCC2)CCN1C(=O)C1CCN(C(N)=O)CC1. The fourth-order valence-electron chi connectivity index (χ4n) is 4.21. The van der Waals surface area contributed by atoms with E-state index in [1.54, 1.807) is 4.90 Å². The van der Waals surface area contributed by atoms with Crippen molar-refractivity contribution in [3.05, 3.63) is 0 Å². The van der Waals surface area contributed by atoms with Crippen LogP contribution in [-0.2, 0) is 9.53 Å². The third-order valence-corrected chi connectivity index (χ3v) is 5.67. The van der Waals surface area contributed by atoms with Crippen LogP contribution in [0.5, 0.6) is 0 Å². The predicted octanol–water partition coefficient (Wildman–Crippen LogP) is 0.0987. The van der Waals surface area contributed by atoms with Gasteiger partial charge >= 0.3 is 6.03 Å². The minimum absolute atomic E-state index is 0.0384. The molecule has 23 heavy (non-hydrogen) atoms. The van der Waals surface area contributed by atoms with E-state index in [9.17, 15) is 9.59 Å².